The number of aromatic amines is 1. The fraction of sp³-hybridized carbons (Fsp3) is 0.480. The zero-order valence-electron chi connectivity index (χ0n) is 19.9. The number of ether oxygens (including phenoxy) is 2. The predicted octanol–water partition coefficient (Wildman–Crippen LogP) is 4.49. The molecule has 1 amide bonds. The van der Waals surface area contributed by atoms with Gasteiger partial charge in [0.1, 0.15) is 23.2 Å². The van der Waals surface area contributed by atoms with Crippen molar-refractivity contribution < 1.29 is 27.4 Å². The van der Waals surface area contributed by atoms with Gasteiger partial charge in [-0.3, -0.25) is 4.79 Å². The average molecular weight is 538 g/mol. The van der Waals surface area contributed by atoms with Crippen molar-refractivity contribution in [2.24, 2.45) is 0 Å². The number of nitrogens with one attached hydrogen (secondary N) is 2. The second-order valence-corrected chi connectivity index (χ2v) is 9.82. The van der Waals surface area contributed by atoms with Gasteiger partial charge >= 0.3 is 6.36 Å². The topological polar surface area (TPSA) is 92.4 Å². The molecule has 3 fully saturated rings. The van der Waals surface area contributed by atoms with Crippen molar-refractivity contribution in [1.29, 1.82) is 0 Å². The molecule has 3 aliphatic rings. The molecule has 2 aromatic heterocycles. The number of piperidine rings is 1. The fourth-order valence-corrected chi connectivity index (χ4v) is 5.13. The van der Waals surface area contributed by atoms with Gasteiger partial charge in [-0.1, -0.05) is 0 Å². The van der Waals surface area contributed by atoms with Gasteiger partial charge in [0, 0.05) is 36.9 Å². The summed E-state index contributed by atoms with van der Waals surface area (Å²) in [5, 5.41) is 3.58. The number of halogens is 4. The highest BCUT2D eigenvalue weighted by Crippen LogP contribution is 2.40. The lowest BCUT2D eigenvalue weighted by atomic mass is 9.89. The maximum Gasteiger partial charge on any atom is 0.573 e. The van der Waals surface area contributed by atoms with E-state index in [2.05, 4.69) is 20.0 Å². The van der Waals surface area contributed by atoms with E-state index in [-0.39, 0.29) is 41.6 Å². The second-order valence-electron chi connectivity index (χ2n) is 9.82. The molecule has 1 atom stereocenters. The van der Waals surface area contributed by atoms with Crippen molar-refractivity contribution in [2.45, 2.75) is 49.6 Å². The molecule has 3 aromatic rings. The van der Waals surface area contributed by atoms with Gasteiger partial charge in [-0.15, -0.1) is 25.6 Å². The number of rotatable bonds is 4. The zero-order valence-corrected chi connectivity index (χ0v) is 20.7. The van der Waals surface area contributed by atoms with Crippen LogP contribution in [-0.2, 0) is 4.74 Å². The number of alkyl halides is 3. The predicted molar refractivity (Wildman–Crippen MR) is 131 cm³/mol. The number of morpholine rings is 1. The maximum absolute atomic E-state index is 12.9. The molecule has 1 aliphatic carbocycles. The molecule has 6 rings (SSSR count). The number of benzene rings is 1. The Hall–Kier alpha value is -2.89. The average Bonchev–Trinajstić information content (AvgIpc) is 3.47. The molecule has 8 nitrogen and oxygen atoms in total. The molecule has 0 radical (unpaired) electrons. The molecule has 1 spiro atoms. The fourth-order valence-electron chi connectivity index (χ4n) is 5.13. The van der Waals surface area contributed by atoms with Crippen LogP contribution in [0, 0.1) is 0 Å². The third-order valence-corrected chi connectivity index (χ3v) is 7.37. The van der Waals surface area contributed by atoms with Crippen molar-refractivity contribution in [2.75, 3.05) is 26.2 Å². The summed E-state index contributed by atoms with van der Waals surface area (Å²) in [6.07, 6.45) is 0.709. The van der Waals surface area contributed by atoms with Crippen molar-refractivity contribution in [1.82, 2.24) is 25.2 Å². The van der Waals surface area contributed by atoms with E-state index in [0.29, 0.717) is 25.3 Å². The highest BCUT2D eigenvalue weighted by atomic mass is 35.5. The molecule has 2 saturated heterocycles. The summed E-state index contributed by atoms with van der Waals surface area (Å²) in [4.78, 5) is 27.3. The van der Waals surface area contributed by atoms with Crippen LogP contribution in [0.3, 0.4) is 0 Å². The number of imidazole rings is 1. The monoisotopic (exact) mass is 537 g/mol. The highest BCUT2D eigenvalue weighted by molar-refractivity contribution is 5.94. The minimum Gasteiger partial charge on any atom is -0.406 e. The Bertz CT molecular complexity index is 1260. The summed E-state index contributed by atoms with van der Waals surface area (Å²) in [7, 11) is 0. The van der Waals surface area contributed by atoms with E-state index in [0.717, 1.165) is 66.9 Å². The summed E-state index contributed by atoms with van der Waals surface area (Å²) in [6, 6.07) is 7.03. The first kappa shape index (κ1) is 25.7. The largest absolute Gasteiger partial charge is 0.573 e. The van der Waals surface area contributed by atoms with Gasteiger partial charge in [-0.25, -0.2) is 9.97 Å². The molecule has 37 heavy (non-hydrogen) atoms. The van der Waals surface area contributed by atoms with Gasteiger partial charge in [-0.2, -0.15) is 0 Å². The first-order valence-corrected chi connectivity index (χ1v) is 12.1. The van der Waals surface area contributed by atoms with E-state index in [1.54, 1.807) is 11.1 Å². The third kappa shape index (κ3) is 5.39. The third-order valence-electron chi connectivity index (χ3n) is 7.37. The summed E-state index contributed by atoms with van der Waals surface area (Å²) in [6.45, 7) is 2.50. The molecule has 198 valence electrons. The van der Waals surface area contributed by atoms with Crippen molar-refractivity contribution >= 4 is 29.5 Å². The van der Waals surface area contributed by atoms with E-state index in [1.807, 2.05) is 6.07 Å². The number of hydrogen-bond acceptors (Lipinski definition) is 6. The van der Waals surface area contributed by atoms with Crippen LogP contribution in [0.15, 0.2) is 36.5 Å². The number of hydrogen-bond donors (Lipinski definition) is 2. The molecule has 1 aromatic carbocycles. The molecule has 0 bridgehead atoms. The normalized spacial score (nSPS) is 21.6. The lowest BCUT2D eigenvalue weighted by molar-refractivity contribution is -0.274. The maximum atomic E-state index is 12.9. The summed E-state index contributed by atoms with van der Waals surface area (Å²) in [5.74, 6) is 0.445. The Kier molecular flexibility index (Phi) is 6.80. The number of H-pyrrole nitrogens is 1. The van der Waals surface area contributed by atoms with Crippen LogP contribution < -0.4 is 10.1 Å². The van der Waals surface area contributed by atoms with Crippen LogP contribution in [0.5, 0.6) is 5.75 Å². The van der Waals surface area contributed by atoms with Crippen LogP contribution in [0.2, 0.25) is 0 Å². The molecular weight excluding hydrogens is 511 g/mol. The Labute approximate surface area is 217 Å². The summed E-state index contributed by atoms with van der Waals surface area (Å²) < 4.78 is 47.1. The van der Waals surface area contributed by atoms with Crippen molar-refractivity contribution in [3.05, 3.63) is 53.5 Å². The van der Waals surface area contributed by atoms with E-state index in [9.17, 15) is 18.0 Å². The number of fused-ring (bicyclic) bond motifs is 1. The first-order chi connectivity index (χ1) is 17.3. The Morgan fingerprint density at radius 3 is 2.49 bits per heavy atom. The van der Waals surface area contributed by atoms with Gasteiger partial charge in [0.05, 0.1) is 6.61 Å². The minimum atomic E-state index is -4.76. The highest BCUT2D eigenvalue weighted by Gasteiger charge is 2.46. The molecule has 2 aliphatic heterocycles. The lowest BCUT2D eigenvalue weighted by Crippen LogP contribution is -2.45. The van der Waals surface area contributed by atoms with Crippen molar-refractivity contribution in [3.8, 4) is 5.75 Å². The quantitative estimate of drug-likeness (QED) is 0.509. The number of likely N-dealkylation sites (tertiary alicyclic amines) is 1. The smallest absolute Gasteiger partial charge is 0.406 e. The van der Waals surface area contributed by atoms with Gasteiger partial charge in [0.2, 0.25) is 0 Å². The lowest BCUT2D eigenvalue weighted by Gasteiger charge is -2.32. The zero-order chi connectivity index (χ0) is 24.9. The number of nitrogens with zero attached hydrogens (tertiary/aromatic N) is 3. The molecule has 12 heteroatoms. The summed E-state index contributed by atoms with van der Waals surface area (Å²) >= 11 is 0. The number of pyridine rings is 1. The Morgan fingerprint density at radius 2 is 1.86 bits per heavy atom. The second kappa shape index (κ2) is 9.77. The van der Waals surface area contributed by atoms with E-state index < -0.39 is 6.36 Å². The van der Waals surface area contributed by atoms with E-state index >= 15 is 0 Å². The SMILES string of the molecule is Cl.O=C(c1ccc(OC(F)(F)F)cc1)N1CCC(c2ccnc3[nH]c([C@@H]4CNC5(CC5)CO4)nc23)CC1. The number of carbonyl (C=O) groups is 1. The first-order valence-electron chi connectivity index (χ1n) is 12.1. The van der Waals surface area contributed by atoms with E-state index in [4.69, 9.17) is 9.72 Å². The molecule has 2 N–H and O–H groups in total. The molecule has 4 heterocycles. The number of aromatic nitrogens is 3. The summed E-state index contributed by atoms with van der Waals surface area (Å²) in [5.41, 5.74) is 3.19. The Balaban J connectivity index is 0.00000280. The molecular formula is C25H27ClF3N5O3. The van der Waals surface area contributed by atoms with Crippen LogP contribution in [-0.4, -0.2) is 63.9 Å². The minimum absolute atomic E-state index is 0. The number of amides is 1. The van der Waals surface area contributed by atoms with E-state index in [1.165, 1.54) is 12.1 Å². The molecule has 0 unspecified atom stereocenters. The van der Waals surface area contributed by atoms with Crippen LogP contribution in [0.4, 0.5) is 13.2 Å². The van der Waals surface area contributed by atoms with Gasteiger partial charge in [0.25, 0.3) is 5.91 Å². The van der Waals surface area contributed by atoms with Gasteiger partial charge in [-0.05, 0) is 67.5 Å². The number of carbonyl (C=O) groups excluding carboxylic acids is 1. The Morgan fingerprint density at radius 1 is 1.14 bits per heavy atom. The van der Waals surface area contributed by atoms with Gasteiger partial charge < -0.3 is 24.7 Å². The standard InChI is InChI=1S/C25H26F3N5O3.ClH/c26-25(27,28)36-17-3-1-16(2-4-17)23(34)33-11-6-15(7-12-33)18-5-10-29-22-20(18)31-21(32-22)19-13-30-24(8-9-24)14-35-19;/h1-5,10,15,19,30H,6-9,11-14H2,(H,29,31,32);1H/t19-;/m0./s1. The molecule has 1 saturated carbocycles. The van der Waals surface area contributed by atoms with Crippen LogP contribution >= 0.6 is 12.4 Å². The van der Waals surface area contributed by atoms with Crippen molar-refractivity contribution in [3.63, 3.8) is 0 Å². The van der Waals surface area contributed by atoms with Crippen LogP contribution in [0.25, 0.3) is 11.2 Å². The van der Waals surface area contributed by atoms with Crippen LogP contribution in [0.1, 0.15) is 59.5 Å². The van der Waals surface area contributed by atoms with Gasteiger partial charge in [0.15, 0.2) is 5.65 Å².